The Hall–Kier alpha value is -1.88. The fourth-order valence-electron chi connectivity index (χ4n) is 2.31. The molecule has 4 heteroatoms. The molecular formula is C17H16O3S. The summed E-state index contributed by atoms with van der Waals surface area (Å²) in [5, 5.41) is 22.4. The van der Waals surface area contributed by atoms with E-state index in [1.165, 1.54) is 0 Å². The summed E-state index contributed by atoms with van der Waals surface area (Å²) in [5.41, 5.74) is 0.839. The zero-order valence-corrected chi connectivity index (χ0v) is 12.2. The van der Waals surface area contributed by atoms with E-state index in [0.29, 0.717) is 0 Å². The first-order valence-corrected chi connectivity index (χ1v) is 7.64. The molecule has 0 fully saturated rings. The van der Waals surface area contributed by atoms with E-state index in [-0.39, 0.29) is 6.61 Å². The van der Waals surface area contributed by atoms with Crippen LogP contribution in [0.2, 0.25) is 0 Å². The van der Waals surface area contributed by atoms with Crippen LogP contribution in [0.1, 0.15) is 11.7 Å². The van der Waals surface area contributed by atoms with Crippen molar-refractivity contribution in [2.24, 2.45) is 0 Å². The zero-order valence-electron chi connectivity index (χ0n) is 11.3. The Morgan fingerprint density at radius 3 is 2.57 bits per heavy atom. The number of hydrogen-bond donors (Lipinski definition) is 2. The van der Waals surface area contributed by atoms with Crippen molar-refractivity contribution in [2.75, 3.05) is 6.61 Å². The lowest BCUT2D eigenvalue weighted by molar-refractivity contribution is -0.00122. The summed E-state index contributed by atoms with van der Waals surface area (Å²) in [6.07, 6.45) is -1.57. The van der Waals surface area contributed by atoms with Crippen LogP contribution in [-0.4, -0.2) is 22.9 Å². The minimum absolute atomic E-state index is 0.348. The summed E-state index contributed by atoms with van der Waals surface area (Å²) in [5.74, 6) is 0.718. The van der Waals surface area contributed by atoms with Crippen molar-refractivity contribution in [3.63, 3.8) is 0 Å². The number of benzene rings is 2. The highest BCUT2D eigenvalue weighted by Gasteiger charge is 2.23. The van der Waals surface area contributed by atoms with Crippen molar-refractivity contribution < 1.29 is 14.9 Å². The second-order valence-electron chi connectivity index (χ2n) is 4.79. The van der Waals surface area contributed by atoms with Gasteiger partial charge in [0.05, 0.1) is 6.61 Å². The third kappa shape index (κ3) is 2.93. The van der Waals surface area contributed by atoms with Gasteiger partial charge in [0, 0.05) is 10.1 Å². The van der Waals surface area contributed by atoms with Crippen LogP contribution in [0.4, 0.5) is 0 Å². The van der Waals surface area contributed by atoms with E-state index < -0.39 is 12.2 Å². The lowest BCUT2D eigenvalue weighted by Crippen LogP contribution is -2.27. The van der Waals surface area contributed by atoms with Gasteiger partial charge in [-0.05, 0) is 29.1 Å². The smallest absolute Gasteiger partial charge is 0.152 e. The molecule has 2 N–H and O–H groups in total. The van der Waals surface area contributed by atoms with E-state index in [4.69, 9.17) is 4.74 Å². The molecule has 0 amide bonds. The molecule has 0 saturated heterocycles. The monoisotopic (exact) mass is 300 g/mol. The largest absolute Gasteiger partial charge is 0.482 e. The van der Waals surface area contributed by atoms with Crippen LogP contribution >= 0.6 is 11.3 Å². The molecule has 0 saturated carbocycles. The molecule has 3 rings (SSSR count). The molecule has 3 nitrogen and oxygen atoms in total. The van der Waals surface area contributed by atoms with Crippen molar-refractivity contribution in [3.05, 3.63) is 65.5 Å². The van der Waals surface area contributed by atoms with Crippen LogP contribution in [0.25, 0.3) is 10.1 Å². The molecular weight excluding hydrogens is 284 g/mol. The van der Waals surface area contributed by atoms with Gasteiger partial charge in [-0.1, -0.05) is 36.4 Å². The summed E-state index contributed by atoms with van der Waals surface area (Å²) in [6, 6.07) is 17.3. The van der Waals surface area contributed by atoms with Gasteiger partial charge in [-0.3, -0.25) is 0 Å². The maximum atomic E-state index is 10.1. The van der Waals surface area contributed by atoms with Crippen molar-refractivity contribution in [1.29, 1.82) is 0 Å². The van der Waals surface area contributed by atoms with E-state index in [2.05, 4.69) is 0 Å². The van der Waals surface area contributed by atoms with Gasteiger partial charge in [-0.2, -0.15) is 0 Å². The highest BCUT2D eigenvalue weighted by atomic mass is 32.1. The first kappa shape index (κ1) is 14.1. The maximum absolute atomic E-state index is 10.1. The Bertz CT molecular complexity index is 708. The van der Waals surface area contributed by atoms with Gasteiger partial charge in [0.25, 0.3) is 0 Å². The number of aliphatic hydroxyl groups is 2. The number of rotatable bonds is 5. The van der Waals surface area contributed by atoms with Crippen LogP contribution in [-0.2, 0) is 0 Å². The molecule has 3 aromatic rings. The maximum Gasteiger partial charge on any atom is 0.152 e. The zero-order chi connectivity index (χ0) is 14.7. The van der Waals surface area contributed by atoms with E-state index in [1.807, 2.05) is 60.0 Å². The average Bonchev–Trinajstić information content (AvgIpc) is 3.02. The number of hydrogen-bond acceptors (Lipinski definition) is 4. The first-order chi connectivity index (χ1) is 10.3. The summed E-state index contributed by atoms with van der Waals surface area (Å²) < 4.78 is 7.16. The minimum atomic E-state index is -0.971. The van der Waals surface area contributed by atoms with E-state index in [1.54, 1.807) is 11.3 Å². The SMILES string of the molecule is OC[C@H](O)[C@H](Oc1cccc2sccc12)c1ccccc1. The van der Waals surface area contributed by atoms with Crippen molar-refractivity contribution >= 4 is 21.4 Å². The van der Waals surface area contributed by atoms with Gasteiger partial charge < -0.3 is 14.9 Å². The quantitative estimate of drug-likeness (QED) is 0.759. The molecule has 0 spiro atoms. The minimum Gasteiger partial charge on any atom is -0.482 e. The van der Waals surface area contributed by atoms with E-state index >= 15 is 0 Å². The van der Waals surface area contributed by atoms with Crippen molar-refractivity contribution in [3.8, 4) is 5.75 Å². The Morgan fingerprint density at radius 1 is 1.00 bits per heavy atom. The van der Waals surface area contributed by atoms with Crippen LogP contribution in [0.3, 0.4) is 0 Å². The second kappa shape index (κ2) is 6.26. The molecule has 0 aliphatic heterocycles. The van der Waals surface area contributed by atoms with Gasteiger partial charge in [-0.15, -0.1) is 11.3 Å². The molecule has 0 aliphatic rings. The van der Waals surface area contributed by atoms with Crippen molar-refractivity contribution in [1.82, 2.24) is 0 Å². The van der Waals surface area contributed by atoms with Crippen LogP contribution < -0.4 is 4.74 Å². The third-order valence-corrected chi connectivity index (χ3v) is 4.26. The normalized spacial score (nSPS) is 14.0. The molecule has 0 bridgehead atoms. The highest BCUT2D eigenvalue weighted by Crippen LogP contribution is 2.33. The summed E-state index contributed by atoms with van der Waals surface area (Å²) in [4.78, 5) is 0. The molecule has 108 valence electrons. The Labute approximate surface area is 127 Å². The third-order valence-electron chi connectivity index (χ3n) is 3.37. The number of thiophene rings is 1. The predicted molar refractivity (Wildman–Crippen MR) is 84.7 cm³/mol. The average molecular weight is 300 g/mol. The topological polar surface area (TPSA) is 49.7 Å². The van der Waals surface area contributed by atoms with Crippen LogP contribution in [0.15, 0.2) is 60.0 Å². The number of ether oxygens (including phenoxy) is 1. The molecule has 1 aromatic heterocycles. The molecule has 0 aliphatic carbocycles. The number of fused-ring (bicyclic) bond motifs is 1. The summed E-state index contributed by atoms with van der Waals surface area (Å²) in [6.45, 7) is -0.348. The molecule has 0 radical (unpaired) electrons. The van der Waals surface area contributed by atoms with Crippen LogP contribution in [0, 0.1) is 0 Å². The lowest BCUT2D eigenvalue weighted by Gasteiger charge is -2.23. The fraction of sp³-hybridized carbons (Fsp3) is 0.176. The molecule has 2 atom stereocenters. The Morgan fingerprint density at radius 2 is 1.81 bits per heavy atom. The Kier molecular flexibility index (Phi) is 4.20. The van der Waals surface area contributed by atoms with Gasteiger partial charge in [-0.25, -0.2) is 0 Å². The predicted octanol–water partition coefficient (Wildman–Crippen LogP) is 3.37. The van der Waals surface area contributed by atoms with E-state index in [9.17, 15) is 10.2 Å². The number of aliphatic hydroxyl groups excluding tert-OH is 2. The summed E-state index contributed by atoms with van der Waals surface area (Å²) in [7, 11) is 0. The van der Waals surface area contributed by atoms with Gasteiger partial charge in [0.15, 0.2) is 6.10 Å². The second-order valence-corrected chi connectivity index (χ2v) is 5.74. The molecule has 2 aromatic carbocycles. The highest BCUT2D eigenvalue weighted by molar-refractivity contribution is 7.17. The van der Waals surface area contributed by atoms with Gasteiger partial charge in [0.1, 0.15) is 11.9 Å². The van der Waals surface area contributed by atoms with Crippen LogP contribution in [0.5, 0.6) is 5.75 Å². The first-order valence-electron chi connectivity index (χ1n) is 6.76. The molecule has 1 heterocycles. The summed E-state index contributed by atoms with van der Waals surface area (Å²) >= 11 is 1.65. The Balaban J connectivity index is 1.97. The van der Waals surface area contributed by atoms with Gasteiger partial charge in [0.2, 0.25) is 0 Å². The molecule has 21 heavy (non-hydrogen) atoms. The lowest BCUT2D eigenvalue weighted by atomic mass is 10.0. The molecule has 0 unspecified atom stereocenters. The van der Waals surface area contributed by atoms with Gasteiger partial charge >= 0.3 is 0 Å². The van der Waals surface area contributed by atoms with E-state index in [0.717, 1.165) is 21.4 Å². The fourth-order valence-corrected chi connectivity index (χ4v) is 3.12. The van der Waals surface area contributed by atoms with Crippen molar-refractivity contribution in [2.45, 2.75) is 12.2 Å². The standard InChI is InChI=1S/C17H16O3S/c18-11-14(19)17(12-5-2-1-3-6-12)20-15-7-4-8-16-13(15)9-10-21-16/h1-10,14,17-19H,11H2/t14-,17+/m0/s1.